The molecule has 2 rings (SSSR count). The van der Waals surface area contributed by atoms with Crippen LogP contribution in [0.1, 0.15) is 12.5 Å². The van der Waals surface area contributed by atoms with Gasteiger partial charge < -0.3 is 4.74 Å². The van der Waals surface area contributed by atoms with E-state index in [2.05, 4.69) is 442 Å². The topological polar surface area (TPSA) is 252 Å². The van der Waals surface area contributed by atoms with Gasteiger partial charge in [-0.3, -0.25) is 0 Å². The summed E-state index contributed by atoms with van der Waals surface area (Å²) in [5, 5.41) is 84.2. The van der Waals surface area contributed by atoms with Crippen molar-refractivity contribution in [3.8, 4) is 0 Å². The van der Waals surface area contributed by atoms with E-state index in [1.807, 2.05) is 30.3 Å². The average Bonchev–Trinajstić information content (AvgIpc) is 4.16. The van der Waals surface area contributed by atoms with E-state index in [-0.39, 0.29) is 13.2 Å². The number of aliphatic imine (C=N–C) groups is 1. The predicted molar refractivity (Wildman–Crippen MR) is 355 cm³/mol. The number of hydrogen-bond donors (Lipinski definition) is 0. The maximum atomic E-state index is 5.54. The summed E-state index contributed by atoms with van der Waals surface area (Å²) in [7, 11) is 1.09. The Morgan fingerprint density at radius 2 is 0.460 bits per heavy atom. The van der Waals surface area contributed by atoms with E-state index < -0.39 is 5.54 Å². The summed E-state index contributed by atoms with van der Waals surface area (Å²) in [6, 6.07) is 9.26. The van der Waals surface area contributed by atoms with Gasteiger partial charge in [0.05, 0.1) is 7.11 Å². The highest BCUT2D eigenvalue weighted by molar-refractivity contribution is 5.95. The first-order valence-electron chi connectivity index (χ1n) is 21.0. The van der Waals surface area contributed by atoms with Crippen LogP contribution in [0.25, 0.3) is 0 Å². The number of benzene rings is 1. The Morgan fingerprint density at radius 3 is 0.644 bits per heavy atom. The minimum atomic E-state index is -0.747. The molecule has 1 aromatic carbocycles. The zero-order chi connectivity index (χ0) is 75.7. The van der Waals surface area contributed by atoms with Gasteiger partial charge in [0.2, 0.25) is 5.90 Å². The molecule has 1 heterocycles. The molecule has 0 amide bonds. The third-order valence-electron chi connectivity index (χ3n) is 3.01. The molecule has 0 N–H and O–H groups in total. The minimum Gasteiger partial charge on any atom is -0.475 e. The standard InChI is InChI=1S/C12H15NO26.24C2H4/c1-12(8-15-11(13-12)10-6-4-3-5-7-10)9-16-18-20-22-24-26-28-30-32-34-36-38-39-37-35-33-31-29-27-25-23-21-19-17-14-2;24*1-2/h3-7H,8-9H2,1-2H3;24*1-2H2. The van der Waals surface area contributed by atoms with Gasteiger partial charge >= 0.3 is 0 Å². The molecule has 0 spiro atoms. The molecule has 0 saturated carbocycles. The molecule has 0 aromatic heterocycles. The van der Waals surface area contributed by atoms with Crippen LogP contribution in [0.3, 0.4) is 0 Å². The van der Waals surface area contributed by atoms with Gasteiger partial charge in [-0.1, -0.05) is 18.2 Å². The lowest BCUT2D eigenvalue weighted by atomic mass is 10.1. The highest BCUT2D eigenvalue weighted by Crippen LogP contribution is 2.22. The third-order valence-corrected chi connectivity index (χ3v) is 3.01. The molecule has 0 fully saturated rings. The Balaban J connectivity index is -0.0000000340. The van der Waals surface area contributed by atoms with E-state index in [0.717, 1.165) is 12.7 Å². The molecule has 1 aliphatic heterocycles. The first kappa shape index (κ1) is 153. The molecule has 1 aromatic rings. The van der Waals surface area contributed by atoms with E-state index in [0.29, 0.717) is 5.90 Å². The SMILES string of the molecule is C=C.C=C.C=C.C=C.C=C.C=C.C=C.C=C.C=C.C=C.C=C.C=C.C=C.C=C.C=C.C=C.C=C.C=C.C=C.C=C.C=C.C=C.C=C.C=C.COOOOOOOOOOOOOOOOOOOOOOOOOCC1(C)COC(c2ccccc2)=N1. The lowest BCUT2D eigenvalue weighted by Gasteiger charge is -2.15. The Morgan fingerprint density at radius 1 is 0.287 bits per heavy atom. The van der Waals surface area contributed by atoms with Crippen LogP contribution in [-0.4, -0.2) is 31.8 Å². The number of ether oxygens (including phenoxy) is 1. The second kappa shape index (κ2) is 323. The zero-order valence-corrected chi connectivity index (χ0v) is 52.8. The quantitative estimate of drug-likeness (QED) is 0.0343. The molecular weight excluding hydrogens is 1150 g/mol. The molecule has 0 radical (unpaired) electrons. The molecule has 27 nitrogen and oxygen atoms in total. The molecule has 0 aliphatic carbocycles. The van der Waals surface area contributed by atoms with E-state index in [9.17, 15) is 0 Å². The molecule has 1 aliphatic rings. The van der Waals surface area contributed by atoms with Crippen molar-refractivity contribution in [2.24, 2.45) is 4.99 Å². The van der Waals surface area contributed by atoms with Crippen LogP contribution in [0, 0.1) is 0 Å². The van der Waals surface area contributed by atoms with Crippen LogP contribution in [-0.2, 0) is 130 Å². The minimum absolute atomic E-state index is 0.0729. The highest BCUT2D eigenvalue weighted by atomic mass is 18.0. The summed E-state index contributed by atoms with van der Waals surface area (Å²) in [4.78, 5) is 13.1. The second-order valence-corrected chi connectivity index (χ2v) is 5.56. The van der Waals surface area contributed by atoms with Gasteiger partial charge in [0.25, 0.3) is 0 Å². The molecule has 0 saturated heterocycles. The van der Waals surface area contributed by atoms with Crippen molar-refractivity contribution in [1.82, 2.24) is 0 Å². The number of hydrogen-bond acceptors (Lipinski definition) is 27. The number of nitrogens with zero attached hydrogens (tertiary/aromatic N) is 1. The summed E-state index contributed by atoms with van der Waals surface area (Å²) >= 11 is 0. The van der Waals surface area contributed by atoms with Gasteiger partial charge in [-0.25, -0.2) is 14.8 Å². The fourth-order valence-electron chi connectivity index (χ4n) is 1.77. The average molecular weight is 1260 g/mol. The maximum Gasteiger partial charge on any atom is 0.216 e. The fourth-order valence-corrected chi connectivity index (χ4v) is 1.77. The largest absolute Gasteiger partial charge is 0.475 e. The summed E-state index contributed by atoms with van der Waals surface area (Å²) in [6.45, 7) is 146. The Labute approximate surface area is 524 Å². The molecular formula is C60H111NO26. The van der Waals surface area contributed by atoms with Gasteiger partial charge in [0.15, 0.2) is 0 Å². The Bertz CT molecular complexity index is 1020. The first-order valence-corrected chi connectivity index (χ1v) is 21.0. The van der Waals surface area contributed by atoms with Crippen LogP contribution in [0.4, 0.5) is 0 Å². The monoisotopic (exact) mass is 1260 g/mol. The van der Waals surface area contributed by atoms with Crippen molar-refractivity contribution in [1.29, 1.82) is 0 Å². The van der Waals surface area contributed by atoms with E-state index in [1.54, 1.807) is 6.92 Å². The van der Waals surface area contributed by atoms with Crippen molar-refractivity contribution in [3.63, 3.8) is 0 Å². The molecule has 0 bridgehead atoms. The van der Waals surface area contributed by atoms with Gasteiger partial charge in [-0.05, 0) is 99.7 Å². The predicted octanol–water partition coefficient (Wildman–Crippen LogP) is 19.5. The first-order chi connectivity index (χ1) is 43.2. The molecule has 87 heavy (non-hydrogen) atoms. The van der Waals surface area contributed by atoms with Crippen molar-refractivity contribution in [2.75, 3.05) is 20.3 Å². The Kier molecular flexibility index (Phi) is 568. The smallest absolute Gasteiger partial charge is 0.216 e. The lowest BCUT2D eigenvalue weighted by Crippen LogP contribution is -2.30. The molecule has 1 unspecified atom stereocenters. The Hall–Kier alpha value is -8.55. The number of rotatable bonds is 27. The van der Waals surface area contributed by atoms with Gasteiger partial charge in [-0.15, -0.1) is 316 Å². The summed E-state index contributed by atoms with van der Waals surface area (Å²) < 4.78 is 5.54. The van der Waals surface area contributed by atoms with Crippen LogP contribution in [0.5, 0.6) is 0 Å². The van der Waals surface area contributed by atoms with Crippen LogP contribution in [0.2, 0.25) is 0 Å². The van der Waals surface area contributed by atoms with E-state index in [1.165, 1.54) is 0 Å². The zero-order valence-electron chi connectivity index (χ0n) is 52.8. The summed E-state index contributed by atoms with van der Waals surface area (Å²) in [5.74, 6) is 0.456. The summed E-state index contributed by atoms with van der Waals surface area (Å²) in [6.07, 6.45) is 0. The maximum absolute atomic E-state index is 5.54. The molecule has 512 valence electrons. The lowest BCUT2D eigenvalue weighted by molar-refractivity contribution is -0.900. The van der Waals surface area contributed by atoms with Gasteiger partial charge in [0, 0.05) is 40.8 Å². The van der Waals surface area contributed by atoms with E-state index >= 15 is 0 Å². The third kappa shape index (κ3) is 245. The van der Waals surface area contributed by atoms with Crippen molar-refractivity contribution < 1.29 is 130 Å². The fraction of sp³-hybridized carbons (Fsp3) is 0.0833. The van der Waals surface area contributed by atoms with Crippen LogP contribution in [0.15, 0.2) is 351 Å². The van der Waals surface area contributed by atoms with Crippen molar-refractivity contribution >= 4 is 5.90 Å². The highest BCUT2D eigenvalue weighted by Gasteiger charge is 2.33. The second-order valence-electron chi connectivity index (χ2n) is 5.56. The summed E-state index contributed by atoms with van der Waals surface area (Å²) in [5.41, 5.74) is 0.0633. The van der Waals surface area contributed by atoms with Crippen LogP contribution >= 0.6 is 0 Å². The van der Waals surface area contributed by atoms with Crippen molar-refractivity contribution in [3.05, 3.63) is 352 Å². The molecule has 27 heteroatoms. The van der Waals surface area contributed by atoms with Gasteiger partial charge in [0.1, 0.15) is 18.8 Å². The molecule has 1 atom stereocenters. The van der Waals surface area contributed by atoms with Gasteiger partial charge in [-0.2, -0.15) is 0 Å². The normalized spacial score (nSPS) is 8.69. The van der Waals surface area contributed by atoms with Crippen LogP contribution < -0.4 is 0 Å². The van der Waals surface area contributed by atoms with Crippen molar-refractivity contribution in [2.45, 2.75) is 12.5 Å². The van der Waals surface area contributed by atoms with E-state index in [4.69, 9.17) is 9.62 Å².